The van der Waals surface area contributed by atoms with Gasteiger partial charge in [-0.15, -0.1) is 0 Å². The highest BCUT2D eigenvalue weighted by Gasteiger charge is 2.22. The monoisotopic (exact) mass is 249 g/mol. The lowest BCUT2D eigenvalue weighted by Gasteiger charge is -2.26. The van der Waals surface area contributed by atoms with Crippen molar-refractivity contribution in [2.24, 2.45) is 17.1 Å². The molecule has 3 N–H and O–H groups in total. The summed E-state index contributed by atoms with van der Waals surface area (Å²) in [5.41, 5.74) is 6.58. The molecule has 4 nitrogen and oxygen atoms in total. The molecule has 4 heteroatoms. The molecular formula is C14H23N3O. The van der Waals surface area contributed by atoms with Crippen molar-refractivity contribution >= 4 is 11.7 Å². The summed E-state index contributed by atoms with van der Waals surface area (Å²) >= 11 is 0. The predicted octanol–water partition coefficient (Wildman–Crippen LogP) is 2.55. The van der Waals surface area contributed by atoms with E-state index in [1.807, 2.05) is 6.07 Å². The van der Waals surface area contributed by atoms with Gasteiger partial charge in [-0.05, 0) is 23.0 Å². The van der Waals surface area contributed by atoms with Crippen LogP contribution in [0.15, 0.2) is 18.3 Å². The van der Waals surface area contributed by atoms with E-state index in [0.717, 1.165) is 5.56 Å². The summed E-state index contributed by atoms with van der Waals surface area (Å²) in [6.07, 6.45) is 2.19. The average Bonchev–Trinajstić information content (AvgIpc) is 2.28. The Morgan fingerprint density at radius 1 is 1.44 bits per heavy atom. The molecule has 0 aromatic carbocycles. The average molecular weight is 249 g/mol. The maximum absolute atomic E-state index is 11.8. The second-order valence-corrected chi connectivity index (χ2v) is 5.78. The van der Waals surface area contributed by atoms with Crippen LogP contribution in [-0.2, 0) is 11.3 Å². The first-order chi connectivity index (χ1) is 8.32. The van der Waals surface area contributed by atoms with Gasteiger partial charge in [0, 0.05) is 19.2 Å². The van der Waals surface area contributed by atoms with Gasteiger partial charge in [-0.3, -0.25) is 4.79 Å². The molecule has 18 heavy (non-hydrogen) atoms. The summed E-state index contributed by atoms with van der Waals surface area (Å²) in [5.74, 6) is 0.907. The van der Waals surface area contributed by atoms with Crippen LogP contribution in [0.2, 0.25) is 0 Å². The Kier molecular flexibility index (Phi) is 4.84. The SMILES string of the molecule is CC(CC(=O)Nc1ccc(CN)cn1)C(C)(C)C. The zero-order valence-corrected chi connectivity index (χ0v) is 11.7. The number of aromatic nitrogens is 1. The van der Waals surface area contributed by atoms with Gasteiger partial charge < -0.3 is 11.1 Å². The molecule has 0 radical (unpaired) electrons. The molecule has 1 unspecified atom stereocenters. The van der Waals surface area contributed by atoms with Gasteiger partial charge in [0.1, 0.15) is 5.82 Å². The molecule has 0 saturated carbocycles. The number of anilines is 1. The maximum Gasteiger partial charge on any atom is 0.225 e. The third-order valence-corrected chi connectivity index (χ3v) is 3.30. The molecule has 0 bridgehead atoms. The molecule has 1 heterocycles. The van der Waals surface area contributed by atoms with E-state index in [4.69, 9.17) is 5.73 Å². The first kappa shape index (κ1) is 14.6. The van der Waals surface area contributed by atoms with Gasteiger partial charge in [-0.1, -0.05) is 33.8 Å². The molecule has 0 spiro atoms. The number of hydrogen-bond donors (Lipinski definition) is 2. The maximum atomic E-state index is 11.8. The van der Waals surface area contributed by atoms with E-state index in [2.05, 4.69) is 38.0 Å². The minimum absolute atomic E-state index is 0.00502. The lowest BCUT2D eigenvalue weighted by molar-refractivity contribution is -0.117. The van der Waals surface area contributed by atoms with E-state index in [0.29, 0.717) is 24.7 Å². The Labute approximate surface area is 109 Å². The van der Waals surface area contributed by atoms with E-state index >= 15 is 0 Å². The molecule has 0 fully saturated rings. The minimum atomic E-state index is 0.00502. The van der Waals surface area contributed by atoms with Crippen molar-refractivity contribution in [2.45, 2.75) is 40.7 Å². The third kappa shape index (κ3) is 4.45. The highest BCUT2D eigenvalue weighted by atomic mass is 16.1. The van der Waals surface area contributed by atoms with E-state index in [9.17, 15) is 4.79 Å². The summed E-state index contributed by atoms with van der Waals surface area (Å²) in [6.45, 7) is 8.96. The van der Waals surface area contributed by atoms with Crippen LogP contribution in [0.1, 0.15) is 39.7 Å². The predicted molar refractivity (Wildman–Crippen MR) is 74.0 cm³/mol. The van der Waals surface area contributed by atoms with Crippen molar-refractivity contribution in [1.82, 2.24) is 4.98 Å². The first-order valence-corrected chi connectivity index (χ1v) is 6.27. The Bertz CT molecular complexity index is 392. The summed E-state index contributed by atoms with van der Waals surface area (Å²) in [6, 6.07) is 3.65. The van der Waals surface area contributed by atoms with Gasteiger partial charge in [-0.25, -0.2) is 4.98 Å². The molecule has 1 aromatic heterocycles. The minimum Gasteiger partial charge on any atom is -0.326 e. The van der Waals surface area contributed by atoms with E-state index in [1.54, 1.807) is 12.3 Å². The van der Waals surface area contributed by atoms with Crippen molar-refractivity contribution in [2.75, 3.05) is 5.32 Å². The Hall–Kier alpha value is -1.42. The topological polar surface area (TPSA) is 68.0 Å². The third-order valence-electron chi connectivity index (χ3n) is 3.30. The van der Waals surface area contributed by atoms with Gasteiger partial charge in [-0.2, -0.15) is 0 Å². The molecule has 1 aromatic rings. The zero-order chi connectivity index (χ0) is 13.8. The summed E-state index contributed by atoms with van der Waals surface area (Å²) in [4.78, 5) is 16.0. The quantitative estimate of drug-likeness (QED) is 0.861. The smallest absolute Gasteiger partial charge is 0.225 e. The standard InChI is InChI=1S/C14H23N3O/c1-10(14(2,3)4)7-13(18)17-12-6-5-11(8-15)9-16-12/h5-6,9-10H,7-8,15H2,1-4H3,(H,16,17,18). The fourth-order valence-electron chi connectivity index (χ4n) is 1.40. The van der Waals surface area contributed by atoms with Crippen molar-refractivity contribution in [3.8, 4) is 0 Å². The van der Waals surface area contributed by atoms with Crippen molar-refractivity contribution in [3.63, 3.8) is 0 Å². The summed E-state index contributed by atoms with van der Waals surface area (Å²) in [5, 5.41) is 2.81. The molecule has 1 rings (SSSR count). The number of hydrogen-bond acceptors (Lipinski definition) is 3. The van der Waals surface area contributed by atoms with Crippen LogP contribution >= 0.6 is 0 Å². The Balaban J connectivity index is 2.54. The van der Waals surface area contributed by atoms with E-state index < -0.39 is 0 Å². The lowest BCUT2D eigenvalue weighted by atomic mass is 9.80. The second-order valence-electron chi connectivity index (χ2n) is 5.78. The van der Waals surface area contributed by atoms with E-state index in [-0.39, 0.29) is 11.3 Å². The van der Waals surface area contributed by atoms with Gasteiger partial charge in [0.2, 0.25) is 5.91 Å². The number of pyridine rings is 1. The number of nitrogens with zero attached hydrogens (tertiary/aromatic N) is 1. The van der Waals surface area contributed by atoms with Crippen molar-refractivity contribution < 1.29 is 4.79 Å². The van der Waals surface area contributed by atoms with Gasteiger partial charge >= 0.3 is 0 Å². The van der Waals surface area contributed by atoms with Crippen LogP contribution in [0.4, 0.5) is 5.82 Å². The Morgan fingerprint density at radius 3 is 2.56 bits per heavy atom. The molecule has 1 atom stereocenters. The first-order valence-electron chi connectivity index (χ1n) is 6.27. The van der Waals surface area contributed by atoms with Crippen LogP contribution in [0.5, 0.6) is 0 Å². The number of carbonyl (C=O) groups excluding carboxylic acids is 1. The van der Waals surface area contributed by atoms with Crippen molar-refractivity contribution in [1.29, 1.82) is 0 Å². The van der Waals surface area contributed by atoms with Crippen molar-refractivity contribution in [3.05, 3.63) is 23.9 Å². The van der Waals surface area contributed by atoms with Crippen LogP contribution in [-0.4, -0.2) is 10.9 Å². The largest absolute Gasteiger partial charge is 0.326 e. The number of nitrogens with one attached hydrogen (secondary N) is 1. The molecular weight excluding hydrogens is 226 g/mol. The fourth-order valence-corrected chi connectivity index (χ4v) is 1.40. The Morgan fingerprint density at radius 2 is 2.11 bits per heavy atom. The van der Waals surface area contributed by atoms with Gasteiger partial charge in [0.05, 0.1) is 0 Å². The molecule has 1 amide bonds. The van der Waals surface area contributed by atoms with E-state index in [1.165, 1.54) is 0 Å². The summed E-state index contributed by atoms with van der Waals surface area (Å²) < 4.78 is 0. The molecule has 0 aliphatic carbocycles. The normalized spacial score (nSPS) is 13.2. The van der Waals surface area contributed by atoms with Crippen LogP contribution < -0.4 is 11.1 Å². The number of rotatable bonds is 4. The van der Waals surface area contributed by atoms with Gasteiger partial charge in [0.25, 0.3) is 0 Å². The fraction of sp³-hybridized carbons (Fsp3) is 0.571. The molecule has 100 valence electrons. The molecule has 0 aliphatic heterocycles. The van der Waals surface area contributed by atoms with Crippen LogP contribution in [0.3, 0.4) is 0 Å². The van der Waals surface area contributed by atoms with Gasteiger partial charge in [0.15, 0.2) is 0 Å². The molecule has 0 saturated heterocycles. The second kappa shape index (κ2) is 5.96. The zero-order valence-electron chi connectivity index (χ0n) is 11.7. The number of carbonyl (C=O) groups is 1. The van der Waals surface area contributed by atoms with Crippen LogP contribution in [0, 0.1) is 11.3 Å². The lowest BCUT2D eigenvalue weighted by Crippen LogP contribution is -2.24. The highest BCUT2D eigenvalue weighted by Crippen LogP contribution is 2.28. The molecule has 0 aliphatic rings. The number of nitrogens with two attached hydrogens (primary N) is 1. The van der Waals surface area contributed by atoms with Crippen LogP contribution in [0.25, 0.3) is 0 Å². The number of amides is 1. The summed E-state index contributed by atoms with van der Waals surface area (Å²) in [7, 11) is 0. The highest BCUT2D eigenvalue weighted by molar-refractivity contribution is 5.89.